The molecule has 1 amide bonds. The Balaban J connectivity index is 1.41. The molecule has 0 fully saturated rings. The van der Waals surface area contributed by atoms with Crippen molar-refractivity contribution in [2.45, 2.75) is 19.4 Å². The van der Waals surface area contributed by atoms with Gasteiger partial charge in [0.1, 0.15) is 6.04 Å². The van der Waals surface area contributed by atoms with Gasteiger partial charge in [0.25, 0.3) is 0 Å². The Morgan fingerprint density at radius 1 is 1.25 bits per heavy atom. The molecule has 0 saturated carbocycles. The number of rotatable bonds is 3. The third kappa shape index (κ3) is 2.88. The van der Waals surface area contributed by atoms with Crippen LogP contribution in [0.15, 0.2) is 59.7 Å². The molecular weight excluding hydrogens is 408 g/mol. The molecule has 1 aliphatic rings. The minimum absolute atomic E-state index is 0.0761. The number of hydrogen-bond acceptors (Lipinski definition) is 7. The number of aryl methyl sites for hydroxylation is 1. The van der Waals surface area contributed by atoms with Crippen LogP contribution in [-0.2, 0) is 6.42 Å². The van der Waals surface area contributed by atoms with Gasteiger partial charge in [0.05, 0.1) is 28.8 Å². The molecule has 6 heterocycles. The van der Waals surface area contributed by atoms with Gasteiger partial charge < -0.3 is 14.3 Å². The monoisotopic (exact) mass is 426 g/mol. The first-order chi connectivity index (χ1) is 15.7. The SMILES string of the molecule is Cc1cccn2nc([C@@H]3c4nc[nH]c4CCN3C(=O)c3nnc(-c4cccnc4)o3)cc12. The van der Waals surface area contributed by atoms with Crippen LogP contribution >= 0.6 is 0 Å². The Morgan fingerprint density at radius 3 is 3.03 bits per heavy atom. The first-order valence-electron chi connectivity index (χ1n) is 10.2. The molecule has 0 bridgehead atoms. The maximum absolute atomic E-state index is 13.5. The number of amides is 1. The van der Waals surface area contributed by atoms with E-state index in [4.69, 9.17) is 9.52 Å². The molecule has 10 heteroatoms. The molecule has 1 atom stereocenters. The summed E-state index contributed by atoms with van der Waals surface area (Å²) in [5, 5.41) is 12.8. The van der Waals surface area contributed by atoms with Crippen LogP contribution in [0.5, 0.6) is 0 Å². The smallest absolute Gasteiger partial charge is 0.312 e. The highest BCUT2D eigenvalue weighted by Gasteiger charge is 2.38. The summed E-state index contributed by atoms with van der Waals surface area (Å²) < 4.78 is 7.53. The van der Waals surface area contributed by atoms with E-state index in [0.29, 0.717) is 18.5 Å². The van der Waals surface area contributed by atoms with Gasteiger partial charge in [-0.15, -0.1) is 10.2 Å². The van der Waals surface area contributed by atoms with Crippen LogP contribution in [0.25, 0.3) is 17.0 Å². The van der Waals surface area contributed by atoms with Gasteiger partial charge in [-0.2, -0.15) is 5.10 Å². The number of aromatic amines is 1. The molecule has 6 rings (SSSR count). The minimum Gasteiger partial charge on any atom is -0.412 e. The number of hydrogen-bond donors (Lipinski definition) is 1. The van der Waals surface area contributed by atoms with E-state index in [-0.39, 0.29) is 17.7 Å². The van der Waals surface area contributed by atoms with E-state index >= 15 is 0 Å². The molecule has 5 aromatic heterocycles. The van der Waals surface area contributed by atoms with Gasteiger partial charge >= 0.3 is 11.8 Å². The second-order valence-corrected chi connectivity index (χ2v) is 7.66. The molecule has 1 N–H and O–H groups in total. The van der Waals surface area contributed by atoms with Gasteiger partial charge in [-0.25, -0.2) is 9.50 Å². The van der Waals surface area contributed by atoms with Crippen LogP contribution in [0.1, 0.15) is 39.4 Å². The molecule has 0 radical (unpaired) electrons. The van der Waals surface area contributed by atoms with Gasteiger partial charge in [-0.1, -0.05) is 6.07 Å². The zero-order valence-electron chi connectivity index (χ0n) is 17.1. The first-order valence-corrected chi connectivity index (χ1v) is 10.2. The average Bonchev–Trinajstić information content (AvgIpc) is 3.58. The second kappa shape index (κ2) is 7.12. The predicted molar refractivity (Wildman–Crippen MR) is 113 cm³/mol. The molecular formula is C22H18N8O2. The van der Waals surface area contributed by atoms with E-state index in [1.165, 1.54) is 0 Å². The van der Waals surface area contributed by atoms with Crippen molar-refractivity contribution in [2.75, 3.05) is 6.54 Å². The molecule has 0 saturated heterocycles. The number of fused-ring (bicyclic) bond motifs is 2. The lowest BCUT2D eigenvalue weighted by atomic mass is 9.99. The summed E-state index contributed by atoms with van der Waals surface area (Å²) >= 11 is 0. The maximum atomic E-state index is 13.5. The number of aromatic nitrogens is 7. The van der Waals surface area contributed by atoms with Crippen LogP contribution in [0.2, 0.25) is 0 Å². The fourth-order valence-corrected chi connectivity index (χ4v) is 4.14. The molecule has 0 unspecified atom stereocenters. The fraction of sp³-hybridized carbons (Fsp3) is 0.182. The normalized spacial score (nSPS) is 15.8. The van der Waals surface area contributed by atoms with Crippen molar-refractivity contribution in [1.29, 1.82) is 0 Å². The van der Waals surface area contributed by atoms with Gasteiger partial charge in [0.15, 0.2) is 0 Å². The summed E-state index contributed by atoms with van der Waals surface area (Å²) in [6.07, 6.45) is 7.46. The van der Waals surface area contributed by atoms with E-state index in [2.05, 4.69) is 25.1 Å². The van der Waals surface area contributed by atoms with E-state index in [0.717, 1.165) is 28.2 Å². The Kier molecular flexibility index (Phi) is 4.10. The van der Waals surface area contributed by atoms with E-state index < -0.39 is 6.04 Å². The van der Waals surface area contributed by atoms with E-state index in [1.807, 2.05) is 35.8 Å². The fourth-order valence-electron chi connectivity index (χ4n) is 4.14. The third-order valence-electron chi connectivity index (χ3n) is 5.71. The van der Waals surface area contributed by atoms with E-state index in [1.54, 1.807) is 35.8 Å². The Hall–Kier alpha value is -4.34. The summed E-state index contributed by atoms with van der Waals surface area (Å²) in [4.78, 5) is 26.9. The van der Waals surface area contributed by atoms with Crippen molar-refractivity contribution in [2.24, 2.45) is 0 Å². The molecule has 10 nitrogen and oxygen atoms in total. The van der Waals surface area contributed by atoms with Crippen molar-refractivity contribution in [3.05, 3.63) is 83.8 Å². The standard InChI is InChI=1S/C22H18N8O2/c1-13-4-3-8-30-17(13)10-16(28-30)19-18-15(24-12-25-18)6-9-29(19)22(31)21-27-26-20(32-21)14-5-2-7-23-11-14/h2-5,7-8,10-12,19H,6,9H2,1H3,(H,24,25)/t19-/m1/s1. The number of carbonyl (C=O) groups is 1. The van der Waals surface area contributed by atoms with Crippen molar-refractivity contribution >= 4 is 11.4 Å². The zero-order valence-corrected chi connectivity index (χ0v) is 17.1. The van der Waals surface area contributed by atoms with Crippen molar-refractivity contribution in [3.63, 3.8) is 0 Å². The Bertz CT molecular complexity index is 1430. The van der Waals surface area contributed by atoms with Crippen molar-refractivity contribution < 1.29 is 9.21 Å². The Morgan fingerprint density at radius 2 is 2.19 bits per heavy atom. The number of nitrogens with zero attached hydrogens (tertiary/aromatic N) is 7. The second-order valence-electron chi connectivity index (χ2n) is 7.66. The molecule has 0 aliphatic carbocycles. The van der Waals surface area contributed by atoms with Crippen molar-refractivity contribution in [1.82, 2.24) is 39.7 Å². The summed E-state index contributed by atoms with van der Waals surface area (Å²) in [7, 11) is 0. The average molecular weight is 426 g/mol. The largest absolute Gasteiger partial charge is 0.412 e. The molecule has 158 valence electrons. The quantitative estimate of drug-likeness (QED) is 0.471. The summed E-state index contributed by atoms with van der Waals surface area (Å²) in [5.41, 5.74) is 5.23. The lowest BCUT2D eigenvalue weighted by Crippen LogP contribution is -2.41. The van der Waals surface area contributed by atoms with Gasteiger partial charge in [-0.05, 0) is 36.8 Å². The molecule has 0 spiro atoms. The summed E-state index contributed by atoms with van der Waals surface area (Å²) in [6.45, 7) is 2.50. The van der Waals surface area contributed by atoms with E-state index in [9.17, 15) is 4.79 Å². The number of nitrogens with one attached hydrogen (secondary N) is 1. The lowest BCUT2D eigenvalue weighted by Gasteiger charge is -2.32. The summed E-state index contributed by atoms with van der Waals surface area (Å²) in [5.74, 6) is -0.188. The molecule has 0 aromatic carbocycles. The minimum atomic E-state index is -0.467. The molecule has 1 aliphatic heterocycles. The highest BCUT2D eigenvalue weighted by atomic mass is 16.4. The van der Waals surface area contributed by atoms with Gasteiger partial charge in [-0.3, -0.25) is 9.78 Å². The predicted octanol–water partition coefficient (Wildman–Crippen LogP) is 2.60. The van der Waals surface area contributed by atoms with Crippen LogP contribution in [0.4, 0.5) is 0 Å². The number of carbonyl (C=O) groups excluding carboxylic acids is 1. The maximum Gasteiger partial charge on any atom is 0.312 e. The van der Waals surface area contributed by atoms with Crippen LogP contribution in [0.3, 0.4) is 0 Å². The third-order valence-corrected chi connectivity index (χ3v) is 5.71. The first kappa shape index (κ1) is 18.4. The van der Waals surface area contributed by atoms with Crippen molar-refractivity contribution in [3.8, 4) is 11.5 Å². The number of pyridine rings is 2. The number of H-pyrrole nitrogens is 1. The van der Waals surface area contributed by atoms with Gasteiger partial charge in [0.2, 0.25) is 5.89 Å². The van der Waals surface area contributed by atoms with Crippen LogP contribution < -0.4 is 0 Å². The zero-order chi connectivity index (χ0) is 21.7. The topological polar surface area (TPSA) is 118 Å². The Labute approximate surface area is 181 Å². The number of imidazole rings is 1. The van der Waals surface area contributed by atoms with Crippen LogP contribution in [-0.4, -0.2) is 52.1 Å². The van der Waals surface area contributed by atoms with Crippen LogP contribution in [0, 0.1) is 6.92 Å². The highest BCUT2D eigenvalue weighted by Crippen LogP contribution is 2.34. The highest BCUT2D eigenvalue weighted by molar-refractivity contribution is 5.90. The molecule has 5 aromatic rings. The summed E-state index contributed by atoms with van der Waals surface area (Å²) in [6, 6.07) is 9.08. The molecule has 32 heavy (non-hydrogen) atoms. The van der Waals surface area contributed by atoms with Gasteiger partial charge in [0, 0.05) is 37.3 Å². The lowest BCUT2D eigenvalue weighted by molar-refractivity contribution is 0.0646.